The Morgan fingerprint density at radius 1 is 1.38 bits per heavy atom. The number of rotatable bonds is 6. The van der Waals surface area contributed by atoms with Crippen LogP contribution in [-0.4, -0.2) is 86.2 Å². The molecule has 1 aromatic heterocycles. The number of aromatic nitrogens is 2. The molecule has 1 saturated heterocycles. The van der Waals surface area contributed by atoms with Crippen LogP contribution in [0.1, 0.15) is 34.8 Å². The summed E-state index contributed by atoms with van der Waals surface area (Å²) < 4.78 is 5.38. The van der Waals surface area contributed by atoms with Gasteiger partial charge in [-0.2, -0.15) is 0 Å². The number of hydrogen-bond donors (Lipinski definition) is 5. The largest absolute Gasteiger partial charge is 0.394 e. The maximum absolute atomic E-state index is 12.7. The second kappa shape index (κ2) is 7.71. The van der Waals surface area contributed by atoms with Crippen molar-refractivity contribution >= 4 is 11.8 Å². The zero-order valence-electron chi connectivity index (χ0n) is 13.5. The van der Waals surface area contributed by atoms with E-state index in [-0.39, 0.29) is 17.9 Å². The summed E-state index contributed by atoms with van der Waals surface area (Å²) in [5.41, 5.74) is -0.104. The van der Waals surface area contributed by atoms with E-state index in [1.165, 1.54) is 11.2 Å². The van der Waals surface area contributed by atoms with E-state index in [1.54, 1.807) is 13.8 Å². The number of carbonyl (C=O) groups excluding carboxylic acids is 2. The lowest BCUT2D eigenvalue weighted by atomic mass is 10.1. The van der Waals surface area contributed by atoms with Gasteiger partial charge in [-0.25, -0.2) is 4.98 Å². The first-order chi connectivity index (χ1) is 11.5. The lowest BCUT2D eigenvalue weighted by Gasteiger charge is -2.29. The van der Waals surface area contributed by atoms with Gasteiger partial charge in [0.2, 0.25) is 0 Å². The summed E-state index contributed by atoms with van der Waals surface area (Å²) in [6.07, 6.45) is -3.59. The van der Waals surface area contributed by atoms with Crippen molar-refractivity contribution in [1.82, 2.24) is 20.2 Å². The fourth-order valence-corrected chi connectivity index (χ4v) is 2.59. The number of nitrogens with one attached hydrogen (secondary N) is 2. The molecule has 5 N–H and O–H groups in total. The molecule has 134 valence electrons. The molecule has 0 radical (unpaired) electrons. The van der Waals surface area contributed by atoms with Crippen LogP contribution in [0.4, 0.5) is 0 Å². The second-order valence-electron chi connectivity index (χ2n) is 5.31. The molecule has 24 heavy (non-hydrogen) atoms. The average molecular weight is 342 g/mol. The van der Waals surface area contributed by atoms with E-state index in [2.05, 4.69) is 15.3 Å². The van der Waals surface area contributed by atoms with Gasteiger partial charge >= 0.3 is 0 Å². The molecule has 0 spiro atoms. The van der Waals surface area contributed by atoms with Crippen molar-refractivity contribution in [2.45, 2.75) is 38.4 Å². The summed E-state index contributed by atoms with van der Waals surface area (Å²) in [6, 6.07) is 0. The minimum atomic E-state index is -1.37. The first-order valence-electron chi connectivity index (χ1n) is 7.71. The highest BCUT2D eigenvalue weighted by molar-refractivity contribution is 6.04. The van der Waals surface area contributed by atoms with Crippen LogP contribution in [0, 0.1) is 0 Å². The highest BCUT2D eigenvalue weighted by Crippen LogP contribution is 2.25. The summed E-state index contributed by atoms with van der Waals surface area (Å²) in [6.45, 7) is 3.44. The fraction of sp³-hybridized carbons (Fsp3) is 0.643. The first-order valence-corrected chi connectivity index (χ1v) is 7.71. The number of amides is 2. The quantitative estimate of drug-likeness (QED) is 0.404. The summed E-state index contributed by atoms with van der Waals surface area (Å²) in [7, 11) is 0. The van der Waals surface area contributed by atoms with Crippen LogP contribution in [-0.2, 0) is 4.74 Å². The Kier molecular flexibility index (Phi) is 5.89. The van der Waals surface area contributed by atoms with Crippen LogP contribution in [0.5, 0.6) is 0 Å². The molecule has 10 nitrogen and oxygen atoms in total. The minimum Gasteiger partial charge on any atom is -0.394 e. The van der Waals surface area contributed by atoms with Crippen LogP contribution in [0.2, 0.25) is 0 Å². The molecule has 1 aromatic rings. The molecule has 10 heteroatoms. The van der Waals surface area contributed by atoms with E-state index in [0.717, 1.165) is 0 Å². The normalized spacial score (nSPS) is 26.4. The first kappa shape index (κ1) is 18.3. The third kappa shape index (κ3) is 3.26. The predicted octanol–water partition coefficient (Wildman–Crippen LogP) is -1.94. The molecule has 1 aliphatic heterocycles. The fourth-order valence-electron chi connectivity index (χ4n) is 2.59. The minimum absolute atomic E-state index is 0.0412. The molecule has 1 fully saturated rings. The Labute approximate surface area is 138 Å². The van der Waals surface area contributed by atoms with Gasteiger partial charge in [-0.3, -0.25) is 9.59 Å². The molecule has 4 atom stereocenters. The monoisotopic (exact) mass is 342 g/mol. The van der Waals surface area contributed by atoms with Gasteiger partial charge in [0, 0.05) is 13.1 Å². The Bertz CT molecular complexity index is 592. The SMILES string of the molecule is CCNC(=O)c1nc[nH]c1C(=O)N(CC)[C@@H]1O[C@H](CO)[C@@H](O)[C@H]1O. The van der Waals surface area contributed by atoms with E-state index in [9.17, 15) is 19.8 Å². The number of aromatic amines is 1. The maximum Gasteiger partial charge on any atom is 0.274 e. The van der Waals surface area contributed by atoms with Gasteiger partial charge in [-0.15, -0.1) is 0 Å². The number of likely N-dealkylation sites (N-methyl/N-ethyl adjacent to an activating group) is 1. The molecular formula is C14H22N4O6. The van der Waals surface area contributed by atoms with Crippen LogP contribution in [0.25, 0.3) is 0 Å². The molecule has 2 rings (SSSR count). The van der Waals surface area contributed by atoms with Crippen LogP contribution < -0.4 is 5.32 Å². The van der Waals surface area contributed by atoms with Gasteiger partial charge in [0.05, 0.1) is 12.9 Å². The predicted molar refractivity (Wildman–Crippen MR) is 81.1 cm³/mol. The van der Waals surface area contributed by atoms with E-state index in [0.29, 0.717) is 6.54 Å². The number of imidazole rings is 1. The molecule has 0 unspecified atom stereocenters. The van der Waals surface area contributed by atoms with Crippen molar-refractivity contribution in [1.29, 1.82) is 0 Å². The molecule has 2 amide bonds. The van der Waals surface area contributed by atoms with Crippen LogP contribution in [0.15, 0.2) is 6.33 Å². The Balaban J connectivity index is 2.24. The van der Waals surface area contributed by atoms with Crippen molar-refractivity contribution in [3.05, 3.63) is 17.7 Å². The summed E-state index contributed by atoms with van der Waals surface area (Å²) >= 11 is 0. The standard InChI is InChI=1S/C14H22N4O6/c1-3-15-12(22)8-9(17-6-16-8)13(23)18(4-2)14-11(21)10(20)7(5-19)24-14/h6-7,10-11,14,19-21H,3-5H2,1-2H3,(H,15,22)(H,16,17)/t7-,10-,11-,14-/m1/s1. The zero-order valence-corrected chi connectivity index (χ0v) is 13.5. The van der Waals surface area contributed by atoms with Crippen molar-refractivity contribution in [2.75, 3.05) is 19.7 Å². The number of aliphatic hydroxyl groups excluding tert-OH is 3. The van der Waals surface area contributed by atoms with E-state index in [1.807, 2.05) is 0 Å². The van der Waals surface area contributed by atoms with Crippen LogP contribution in [0.3, 0.4) is 0 Å². The Morgan fingerprint density at radius 2 is 2.08 bits per heavy atom. The van der Waals surface area contributed by atoms with Crippen molar-refractivity contribution in [2.24, 2.45) is 0 Å². The third-order valence-corrected chi connectivity index (χ3v) is 3.83. The average Bonchev–Trinajstić information content (AvgIpc) is 3.16. The molecule has 0 saturated carbocycles. The summed E-state index contributed by atoms with van der Waals surface area (Å²) in [5, 5.41) is 31.6. The number of carbonyl (C=O) groups is 2. The van der Waals surface area contributed by atoms with Gasteiger partial charge in [0.1, 0.15) is 24.0 Å². The molecule has 1 aliphatic rings. The van der Waals surface area contributed by atoms with Gasteiger partial charge in [0.25, 0.3) is 11.8 Å². The Hall–Kier alpha value is -2.01. The number of ether oxygens (including phenoxy) is 1. The molecule has 0 aromatic carbocycles. The highest BCUT2D eigenvalue weighted by Gasteiger charge is 2.46. The molecule has 0 aliphatic carbocycles. The summed E-state index contributed by atoms with van der Waals surface area (Å²) in [5.74, 6) is -1.11. The van der Waals surface area contributed by atoms with Crippen molar-refractivity contribution in [3.8, 4) is 0 Å². The third-order valence-electron chi connectivity index (χ3n) is 3.83. The molecular weight excluding hydrogens is 320 g/mol. The molecule has 2 heterocycles. The number of hydrogen-bond acceptors (Lipinski definition) is 7. The van der Waals surface area contributed by atoms with E-state index < -0.39 is 43.0 Å². The smallest absolute Gasteiger partial charge is 0.274 e. The van der Waals surface area contributed by atoms with Gasteiger partial charge < -0.3 is 35.3 Å². The summed E-state index contributed by atoms with van der Waals surface area (Å²) in [4.78, 5) is 32.3. The second-order valence-corrected chi connectivity index (χ2v) is 5.31. The van der Waals surface area contributed by atoms with Crippen molar-refractivity contribution in [3.63, 3.8) is 0 Å². The number of H-pyrrole nitrogens is 1. The van der Waals surface area contributed by atoms with E-state index >= 15 is 0 Å². The van der Waals surface area contributed by atoms with Gasteiger partial charge in [-0.1, -0.05) is 0 Å². The lowest BCUT2D eigenvalue weighted by Crippen LogP contribution is -2.47. The maximum atomic E-state index is 12.7. The number of aliphatic hydroxyl groups is 3. The van der Waals surface area contributed by atoms with Crippen molar-refractivity contribution < 1.29 is 29.6 Å². The Morgan fingerprint density at radius 3 is 2.62 bits per heavy atom. The highest BCUT2D eigenvalue weighted by atomic mass is 16.6. The van der Waals surface area contributed by atoms with E-state index in [4.69, 9.17) is 9.84 Å². The topological polar surface area (TPSA) is 148 Å². The van der Waals surface area contributed by atoms with Gasteiger partial charge in [-0.05, 0) is 13.8 Å². The van der Waals surface area contributed by atoms with Crippen LogP contribution >= 0.6 is 0 Å². The van der Waals surface area contributed by atoms with Gasteiger partial charge in [0.15, 0.2) is 11.9 Å². The molecule has 0 bridgehead atoms. The zero-order chi connectivity index (χ0) is 17.9. The lowest BCUT2D eigenvalue weighted by molar-refractivity contribution is -0.0819. The number of nitrogens with zero attached hydrogens (tertiary/aromatic N) is 2.